The first-order valence-electron chi connectivity index (χ1n) is 7.33. The number of benzene rings is 1. The Balaban J connectivity index is 1.91. The third-order valence-corrected chi connectivity index (χ3v) is 4.01. The lowest BCUT2D eigenvalue weighted by atomic mass is 10.1. The van der Waals surface area contributed by atoms with Crippen LogP contribution < -0.4 is 4.74 Å². The number of thiocarbonyl (C=S) groups is 1. The van der Waals surface area contributed by atoms with E-state index in [1.165, 1.54) is 19.3 Å². The first-order valence-corrected chi connectivity index (χ1v) is 7.74. The lowest BCUT2D eigenvalue weighted by Gasteiger charge is -2.29. The molecule has 1 aliphatic heterocycles. The Labute approximate surface area is 121 Å². The molecule has 1 aliphatic rings. The van der Waals surface area contributed by atoms with E-state index in [4.69, 9.17) is 17.0 Å². The number of nitrogens with zero attached hydrogens (tertiary/aromatic N) is 1. The molecule has 0 unspecified atom stereocenters. The summed E-state index contributed by atoms with van der Waals surface area (Å²) in [6.07, 6.45) is 6.13. The molecule has 104 valence electrons. The summed E-state index contributed by atoms with van der Waals surface area (Å²) in [6.45, 7) is 5.18. The molecule has 19 heavy (non-hydrogen) atoms. The molecule has 1 fully saturated rings. The molecule has 1 saturated heterocycles. The van der Waals surface area contributed by atoms with E-state index < -0.39 is 0 Å². The van der Waals surface area contributed by atoms with E-state index in [1.54, 1.807) is 0 Å². The molecule has 2 rings (SSSR count). The predicted octanol–water partition coefficient (Wildman–Crippen LogP) is 4.03. The van der Waals surface area contributed by atoms with Gasteiger partial charge >= 0.3 is 0 Å². The lowest BCUT2D eigenvalue weighted by Crippen LogP contribution is -2.34. The van der Waals surface area contributed by atoms with Crippen LogP contribution in [0, 0.1) is 0 Å². The van der Waals surface area contributed by atoms with Crippen molar-refractivity contribution in [1.82, 2.24) is 4.90 Å². The quantitative estimate of drug-likeness (QED) is 0.595. The second-order valence-electron chi connectivity index (χ2n) is 5.08. The van der Waals surface area contributed by atoms with Crippen LogP contribution in [0.2, 0.25) is 0 Å². The van der Waals surface area contributed by atoms with Crippen molar-refractivity contribution in [2.45, 2.75) is 39.0 Å². The minimum atomic E-state index is 0.798. The van der Waals surface area contributed by atoms with Crippen LogP contribution in [0.25, 0.3) is 0 Å². The second-order valence-corrected chi connectivity index (χ2v) is 5.47. The maximum absolute atomic E-state index is 5.67. The van der Waals surface area contributed by atoms with Crippen molar-refractivity contribution in [3.63, 3.8) is 0 Å². The Morgan fingerprint density at radius 2 is 1.84 bits per heavy atom. The fraction of sp³-hybridized carbons (Fsp3) is 0.562. The van der Waals surface area contributed by atoms with Gasteiger partial charge in [0, 0.05) is 18.7 Å². The molecule has 0 bridgehead atoms. The van der Waals surface area contributed by atoms with Crippen LogP contribution in [0.1, 0.15) is 44.6 Å². The van der Waals surface area contributed by atoms with Gasteiger partial charge in [-0.15, -0.1) is 0 Å². The average Bonchev–Trinajstić information content (AvgIpc) is 2.48. The highest BCUT2D eigenvalue weighted by Gasteiger charge is 2.14. The van der Waals surface area contributed by atoms with Gasteiger partial charge < -0.3 is 9.64 Å². The van der Waals surface area contributed by atoms with E-state index in [0.717, 1.165) is 48.8 Å². The van der Waals surface area contributed by atoms with Crippen molar-refractivity contribution in [3.8, 4) is 5.75 Å². The third-order valence-electron chi connectivity index (χ3n) is 3.51. The molecule has 3 heteroatoms. The Hall–Kier alpha value is -1.09. The minimum Gasteiger partial charge on any atom is -0.494 e. The first kappa shape index (κ1) is 14.3. The number of unbranched alkanes of at least 4 members (excludes halogenated alkanes) is 1. The number of rotatable bonds is 5. The van der Waals surface area contributed by atoms with Gasteiger partial charge in [0.15, 0.2) is 0 Å². The molecule has 0 aromatic heterocycles. The summed E-state index contributed by atoms with van der Waals surface area (Å²) in [7, 11) is 0. The number of hydrogen-bond acceptors (Lipinski definition) is 2. The maximum Gasteiger partial charge on any atom is 0.119 e. The van der Waals surface area contributed by atoms with E-state index in [9.17, 15) is 0 Å². The summed E-state index contributed by atoms with van der Waals surface area (Å²) in [6, 6.07) is 8.22. The van der Waals surface area contributed by atoms with Crippen molar-refractivity contribution in [2.75, 3.05) is 19.7 Å². The van der Waals surface area contributed by atoms with E-state index in [0.29, 0.717) is 0 Å². The van der Waals surface area contributed by atoms with Crippen molar-refractivity contribution < 1.29 is 4.74 Å². The molecule has 0 amide bonds. The summed E-state index contributed by atoms with van der Waals surface area (Å²) >= 11 is 5.58. The van der Waals surface area contributed by atoms with Gasteiger partial charge in [0.2, 0.25) is 0 Å². The zero-order chi connectivity index (χ0) is 13.5. The standard InChI is InChI=1S/C16H23NOS/c1-2-3-13-18-15-9-7-14(8-10-15)16(19)17-11-5-4-6-12-17/h7-10H,2-6,11-13H2,1H3. The zero-order valence-electron chi connectivity index (χ0n) is 11.7. The van der Waals surface area contributed by atoms with E-state index in [-0.39, 0.29) is 0 Å². The summed E-state index contributed by atoms with van der Waals surface area (Å²) < 4.78 is 5.67. The van der Waals surface area contributed by atoms with Crippen molar-refractivity contribution in [3.05, 3.63) is 29.8 Å². The molecule has 1 heterocycles. The van der Waals surface area contributed by atoms with Gasteiger partial charge in [0.05, 0.1) is 6.61 Å². The zero-order valence-corrected chi connectivity index (χ0v) is 12.5. The smallest absolute Gasteiger partial charge is 0.119 e. The highest BCUT2D eigenvalue weighted by atomic mass is 32.1. The second kappa shape index (κ2) is 7.49. The van der Waals surface area contributed by atoms with Crippen LogP contribution in [0.15, 0.2) is 24.3 Å². The van der Waals surface area contributed by atoms with Gasteiger partial charge in [-0.05, 0) is 49.9 Å². The van der Waals surface area contributed by atoms with Gasteiger partial charge in [0.25, 0.3) is 0 Å². The maximum atomic E-state index is 5.67. The Bertz CT molecular complexity index is 396. The minimum absolute atomic E-state index is 0.798. The Morgan fingerprint density at radius 3 is 2.47 bits per heavy atom. The van der Waals surface area contributed by atoms with Gasteiger partial charge in [-0.1, -0.05) is 25.6 Å². The molecule has 1 aromatic rings. The summed E-state index contributed by atoms with van der Waals surface area (Å²) in [5, 5.41) is 0. The van der Waals surface area contributed by atoms with Crippen molar-refractivity contribution in [2.24, 2.45) is 0 Å². The number of likely N-dealkylation sites (tertiary alicyclic amines) is 1. The van der Waals surface area contributed by atoms with Crippen LogP contribution in [-0.2, 0) is 0 Å². The molecule has 0 aliphatic carbocycles. The molecule has 1 aromatic carbocycles. The van der Waals surface area contributed by atoms with Crippen LogP contribution in [0.3, 0.4) is 0 Å². The normalized spacial score (nSPS) is 15.3. The first-order chi connectivity index (χ1) is 9.31. The van der Waals surface area contributed by atoms with Crippen LogP contribution >= 0.6 is 12.2 Å². The van der Waals surface area contributed by atoms with Crippen molar-refractivity contribution in [1.29, 1.82) is 0 Å². The molecule has 0 spiro atoms. The molecule has 0 saturated carbocycles. The van der Waals surface area contributed by atoms with Gasteiger partial charge in [-0.2, -0.15) is 0 Å². The van der Waals surface area contributed by atoms with E-state index >= 15 is 0 Å². The topological polar surface area (TPSA) is 12.5 Å². The number of ether oxygens (including phenoxy) is 1. The average molecular weight is 277 g/mol. The summed E-state index contributed by atoms with van der Waals surface area (Å²) in [5.74, 6) is 0.943. The Morgan fingerprint density at radius 1 is 1.16 bits per heavy atom. The summed E-state index contributed by atoms with van der Waals surface area (Å²) in [5.41, 5.74) is 1.14. The van der Waals surface area contributed by atoms with Crippen LogP contribution in [0.5, 0.6) is 5.75 Å². The predicted molar refractivity (Wildman–Crippen MR) is 84.0 cm³/mol. The fourth-order valence-corrected chi connectivity index (χ4v) is 2.63. The lowest BCUT2D eigenvalue weighted by molar-refractivity contribution is 0.309. The van der Waals surface area contributed by atoms with E-state index in [2.05, 4.69) is 24.0 Å². The summed E-state index contributed by atoms with van der Waals surface area (Å²) in [4.78, 5) is 3.31. The van der Waals surface area contributed by atoms with Gasteiger partial charge in [-0.25, -0.2) is 0 Å². The van der Waals surface area contributed by atoms with E-state index in [1.807, 2.05) is 12.1 Å². The molecular formula is C16H23NOS. The van der Waals surface area contributed by atoms with Crippen molar-refractivity contribution >= 4 is 17.2 Å². The van der Waals surface area contributed by atoms with Gasteiger partial charge in [0.1, 0.15) is 10.7 Å². The largest absolute Gasteiger partial charge is 0.494 e. The Kier molecular flexibility index (Phi) is 5.64. The third kappa shape index (κ3) is 4.20. The SMILES string of the molecule is CCCCOc1ccc(C(=S)N2CCCCC2)cc1. The monoisotopic (exact) mass is 277 g/mol. The highest BCUT2D eigenvalue weighted by molar-refractivity contribution is 7.80. The number of piperidine rings is 1. The highest BCUT2D eigenvalue weighted by Crippen LogP contribution is 2.17. The molecule has 0 N–H and O–H groups in total. The molecule has 0 atom stereocenters. The molecule has 2 nitrogen and oxygen atoms in total. The molecule has 0 radical (unpaired) electrons. The van der Waals surface area contributed by atoms with Crippen LogP contribution in [0.4, 0.5) is 0 Å². The van der Waals surface area contributed by atoms with Crippen LogP contribution in [-0.4, -0.2) is 29.6 Å². The fourth-order valence-electron chi connectivity index (χ4n) is 2.31. The van der Waals surface area contributed by atoms with Gasteiger partial charge in [-0.3, -0.25) is 0 Å². The number of hydrogen-bond donors (Lipinski definition) is 0. The molecular weight excluding hydrogens is 254 g/mol.